The molecule has 3 N–H and O–H groups in total. The molecule has 0 fully saturated rings. The van der Waals surface area contributed by atoms with E-state index in [2.05, 4.69) is 31.3 Å². The fraction of sp³-hybridized carbons (Fsp3) is 0.947. The molecule has 0 aliphatic carbocycles. The Morgan fingerprint density at radius 2 is 0.573 bits per heavy atom. The molecule has 0 heterocycles. The zero-order valence-electron chi connectivity index (χ0n) is 56.0. The summed E-state index contributed by atoms with van der Waals surface area (Å²) in [5.41, 5.74) is 0. The van der Waals surface area contributed by atoms with E-state index in [1.54, 1.807) is 0 Å². The minimum atomic E-state index is -0.660. The molecule has 488 valence electrons. The summed E-state index contributed by atoms with van der Waals surface area (Å²) in [5, 5.41) is 23.4. The van der Waals surface area contributed by atoms with Crippen molar-refractivity contribution in [2.24, 2.45) is 0 Å². The third-order valence-electron chi connectivity index (χ3n) is 18.1. The van der Waals surface area contributed by atoms with Crippen molar-refractivity contribution in [1.29, 1.82) is 0 Å². The van der Waals surface area contributed by atoms with E-state index in [1.807, 2.05) is 0 Å². The average molecular weight is 1160 g/mol. The second kappa shape index (κ2) is 72.1. The third-order valence-corrected chi connectivity index (χ3v) is 18.1. The van der Waals surface area contributed by atoms with E-state index >= 15 is 0 Å². The summed E-state index contributed by atoms with van der Waals surface area (Å²) >= 11 is 0. The van der Waals surface area contributed by atoms with Crippen LogP contribution in [0.4, 0.5) is 0 Å². The predicted molar refractivity (Wildman–Crippen MR) is 361 cm³/mol. The van der Waals surface area contributed by atoms with Crippen molar-refractivity contribution >= 4 is 11.9 Å². The molecule has 0 bridgehead atoms. The van der Waals surface area contributed by atoms with Crippen LogP contribution >= 0.6 is 0 Å². The third kappa shape index (κ3) is 67.7. The average Bonchev–Trinajstić information content (AvgIpc) is 3.48. The molecule has 0 aromatic rings. The molecular weight excluding hydrogens is 1010 g/mol. The lowest BCUT2D eigenvalue weighted by Gasteiger charge is -2.22. The van der Waals surface area contributed by atoms with Crippen LogP contribution in [0.25, 0.3) is 0 Å². The number of carbonyl (C=O) groups excluding carboxylic acids is 2. The first-order chi connectivity index (χ1) is 40.5. The van der Waals surface area contributed by atoms with Crippen LogP contribution in [0, 0.1) is 0 Å². The number of esters is 1. The Hall–Kier alpha value is -1.40. The Morgan fingerprint density at radius 1 is 0.329 bits per heavy atom. The van der Waals surface area contributed by atoms with Crippen LogP contribution in [0.2, 0.25) is 0 Å². The molecule has 0 radical (unpaired) electrons. The van der Waals surface area contributed by atoms with Crippen molar-refractivity contribution < 1.29 is 24.5 Å². The largest absolute Gasteiger partial charge is 0.466 e. The predicted octanol–water partition coefficient (Wildman–Crippen LogP) is 24.7. The van der Waals surface area contributed by atoms with Gasteiger partial charge in [0.25, 0.3) is 0 Å². The van der Waals surface area contributed by atoms with Gasteiger partial charge in [0, 0.05) is 12.8 Å². The molecule has 82 heavy (non-hydrogen) atoms. The minimum absolute atomic E-state index is 0.0133. The monoisotopic (exact) mass is 1160 g/mol. The van der Waals surface area contributed by atoms with Gasteiger partial charge in [0.2, 0.25) is 5.91 Å². The van der Waals surface area contributed by atoms with Gasteiger partial charge in [-0.25, -0.2) is 0 Å². The molecule has 0 aliphatic heterocycles. The number of hydrogen-bond donors (Lipinski definition) is 3. The van der Waals surface area contributed by atoms with Gasteiger partial charge in [0.15, 0.2) is 0 Å². The number of unbranched alkanes of at least 4 members (excludes halogenated alkanes) is 59. The van der Waals surface area contributed by atoms with Crippen LogP contribution in [0.15, 0.2) is 12.2 Å². The molecule has 0 saturated heterocycles. The lowest BCUT2D eigenvalue weighted by Crippen LogP contribution is -2.45. The quantitative estimate of drug-likeness (QED) is 0.0320. The SMILES string of the molecule is CCCCC/C=C\CCCCCCCC(=O)OCCCCCCCCCCCCCCCCCCCCCCCCCCCCCCCCCCCCCC(=O)NC(CO)C(O)CCCCCCCCCCCCCCCCCCCC. The Labute approximate surface area is 514 Å². The smallest absolute Gasteiger partial charge is 0.305 e. The van der Waals surface area contributed by atoms with E-state index < -0.39 is 12.1 Å². The van der Waals surface area contributed by atoms with E-state index in [0.29, 0.717) is 25.9 Å². The summed E-state index contributed by atoms with van der Waals surface area (Å²) in [4.78, 5) is 24.6. The molecule has 0 spiro atoms. The summed E-state index contributed by atoms with van der Waals surface area (Å²) in [6.45, 7) is 4.98. The van der Waals surface area contributed by atoms with Crippen LogP contribution in [-0.2, 0) is 14.3 Å². The standard InChI is InChI=1S/C76H149NO5/c1-3-5-7-9-11-13-15-17-18-19-39-42-45-48-52-56-60-64-68-74(79)73(72-78)77-75(80)69-65-61-57-53-49-46-43-40-37-35-33-31-29-27-25-23-21-20-22-24-26-28-30-32-34-36-38-41-44-47-51-55-59-63-67-71-82-76(81)70-66-62-58-54-50-16-14-12-10-8-6-4-2/h12,14,73-74,78-79H,3-11,13,15-72H2,1-2H3,(H,77,80)/b14-12-. The number of aliphatic hydroxyl groups excluding tert-OH is 2. The molecule has 0 aromatic heterocycles. The Morgan fingerprint density at radius 3 is 0.890 bits per heavy atom. The van der Waals surface area contributed by atoms with Crippen molar-refractivity contribution in [1.82, 2.24) is 5.32 Å². The molecule has 0 aliphatic rings. The molecule has 0 saturated carbocycles. The van der Waals surface area contributed by atoms with Crippen LogP contribution in [0.5, 0.6) is 0 Å². The van der Waals surface area contributed by atoms with Crippen molar-refractivity contribution in [3.8, 4) is 0 Å². The van der Waals surface area contributed by atoms with Gasteiger partial charge >= 0.3 is 5.97 Å². The zero-order valence-corrected chi connectivity index (χ0v) is 56.0. The first-order valence-electron chi connectivity index (χ1n) is 37.9. The summed E-state index contributed by atoms with van der Waals surface area (Å²) in [5.74, 6) is -0.0116. The summed E-state index contributed by atoms with van der Waals surface area (Å²) in [6, 6.07) is -0.537. The van der Waals surface area contributed by atoms with E-state index in [1.165, 1.54) is 360 Å². The number of nitrogens with one attached hydrogen (secondary N) is 1. The lowest BCUT2D eigenvalue weighted by atomic mass is 10.0. The number of rotatable bonds is 72. The number of carbonyl (C=O) groups is 2. The molecule has 6 nitrogen and oxygen atoms in total. The highest BCUT2D eigenvalue weighted by molar-refractivity contribution is 5.76. The first kappa shape index (κ1) is 80.6. The number of ether oxygens (including phenoxy) is 1. The van der Waals surface area contributed by atoms with Gasteiger partial charge in [-0.3, -0.25) is 9.59 Å². The van der Waals surface area contributed by atoms with Gasteiger partial charge in [0.05, 0.1) is 25.4 Å². The van der Waals surface area contributed by atoms with Crippen LogP contribution < -0.4 is 5.32 Å². The van der Waals surface area contributed by atoms with Crippen LogP contribution in [-0.4, -0.2) is 47.4 Å². The van der Waals surface area contributed by atoms with Crippen molar-refractivity contribution in [3.05, 3.63) is 12.2 Å². The second-order valence-corrected chi connectivity index (χ2v) is 26.3. The van der Waals surface area contributed by atoms with Crippen LogP contribution in [0.3, 0.4) is 0 Å². The Bertz CT molecular complexity index is 1240. The maximum Gasteiger partial charge on any atom is 0.305 e. The number of amides is 1. The highest BCUT2D eigenvalue weighted by atomic mass is 16.5. The molecule has 0 rings (SSSR count). The van der Waals surface area contributed by atoms with Crippen molar-refractivity contribution in [3.63, 3.8) is 0 Å². The van der Waals surface area contributed by atoms with Gasteiger partial charge in [0.1, 0.15) is 0 Å². The van der Waals surface area contributed by atoms with Gasteiger partial charge in [-0.2, -0.15) is 0 Å². The Kier molecular flexibility index (Phi) is 70.8. The zero-order chi connectivity index (χ0) is 59.2. The van der Waals surface area contributed by atoms with Crippen molar-refractivity contribution in [2.45, 2.75) is 450 Å². The number of hydrogen-bond acceptors (Lipinski definition) is 5. The van der Waals surface area contributed by atoms with Gasteiger partial charge < -0.3 is 20.3 Å². The van der Waals surface area contributed by atoms with Gasteiger partial charge in [-0.1, -0.05) is 386 Å². The molecule has 6 heteroatoms. The maximum atomic E-state index is 12.5. The van der Waals surface area contributed by atoms with E-state index in [0.717, 1.165) is 44.9 Å². The Balaban J connectivity index is 3.30. The number of aliphatic hydroxyl groups is 2. The number of allylic oxidation sites excluding steroid dienone is 2. The van der Waals surface area contributed by atoms with Gasteiger partial charge in [-0.05, 0) is 51.4 Å². The summed E-state index contributed by atoms with van der Waals surface area (Å²) in [6.07, 6.45) is 90.1. The second-order valence-electron chi connectivity index (χ2n) is 26.3. The first-order valence-corrected chi connectivity index (χ1v) is 37.9. The normalized spacial score (nSPS) is 12.5. The molecular formula is C76H149NO5. The molecule has 0 aromatic carbocycles. The molecule has 2 unspecified atom stereocenters. The van der Waals surface area contributed by atoms with E-state index in [-0.39, 0.29) is 18.5 Å². The van der Waals surface area contributed by atoms with Crippen molar-refractivity contribution in [2.75, 3.05) is 13.2 Å². The topological polar surface area (TPSA) is 95.9 Å². The molecule has 2 atom stereocenters. The fourth-order valence-corrected chi connectivity index (χ4v) is 12.3. The highest BCUT2D eigenvalue weighted by Gasteiger charge is 2.20. The fourth-order valence-electron chi connectivity index (χ4n) is 12.3. The summed E-state index contributed by atoms with van der Waals surface area (Å²) in [7, 11) is 0. The van der Waals surface area contributed by atoms with Crippen LogP contribution in [0.1, 0.15) is 438 Å². The van der Waals surface area contributed by atoms with E-state index in [4.69, 9.17) is 4.74 Å². The summed E-state index contributed by atoms with van der Waals surface area (Å²) < 4.78 is 5.48. The highest BCUT2D eigenvalue weighted by Crippen LogP contribution is 2.20. The van der Waals surface area contributed by atoms with E-state index in [9.17, 15) is 19.8 Å². The minimum Gasteiger partial charge on any atom is -0.466 e. The maximum absolute atomic E-state index is 12.5. The molecule has 1 amide bonds. The van der Waals surface area contributed by atoms with Gasteiger partial charge in [-0.15, -0.1) is 0 Å². The lowest BCUT2D eigenvalue weighted by molar-refractivity contribution is -0.143.